The lowest BCUT2D eigenvalue weighted by molar-refractivity contribution is 0.0724. The molecule has 1 aromatic heterocycles. The second-order valence-corrected chi connectivity index (χ2v) is 7.00. The molecule has 6 heteroatoms. The molecule has 2 N–H and O–H groups in total. The van der Waals surface area contributed by atoms with E-state index in [1.54, 1.807) is 6.07 Å². The maximum absolute atomic E-state index is 12.6. The van der Waals surface area contributed by atoms with Gasteiger partial charge in [-0.2, -0.15) is 0 Å². The minimum Gasteiger partial charge on any atom is -0.384 e. The highest BCUT2D eigenvalue weighted by atomic mass is 32.2. The Balaban J connectivity index is 1.67. The molecule has 0 spiro atoms. The number of benzene rings is 1. The van der Waals surface area contributed by atoms with E-state index >= 15 is 0 Å². The summed E-state index contributed by atoms with van der Waals surface area (Å²) in [6, 6.07) is 9.59. The highest BCUT2D eigenvalue weighted by Gasteiger charge is 2.18. The number of thioether (sulfide) groups is 1. The Morgan fingerprint density at radius 3 is 2.75 bits per heavy atom. The number of hydrogen-bond acceptors (Lipinski definition) is 5. The van der Waals surface area contributed by atoms with Gasteiger partial charge in [0.25, 0.3) is 5.91 Å². The number of rotatable bonds is 4. The van der Waals surface area contributed by atoms with E-state index in [1.807, 2.05) is 36.1 Å². The van der Waals surface area contributed by atoms with Gasteiger partial charge in [-0.25, -0.2) is 9.97 Å². The van der Waals surface area contributed by atoms with Crippen molar-refractivity contribution in [1.29, 1.82) is 0 Å². The Labute approximate surface area is 146 Å². The number of amides is 1. The zero-order valence-electron chi connectivity index (χ0n) is 13.9. The van der Waals surface area contributed by atoms with Gasteiger partial charge in [0.2, 0.25) is 0 Å². The lowest BCUT2D eigenvalue weighted by Gasteiger charge is -2.26. The van der Waals surface area contributed by atoms with Gasteiger partial charge in [-0.05, 0) is 43.9 Å². The second-order valence-electron chi connectivity index (χ2n) is 6.06. The number of hydrogen-bond donors (Lipinski definition) is 1. The van der Waals surface area contributed by atoms with Crippen molar-refractivity contribution in [3.8, 4) is 0 Å². The van der Waals surface area contributed by atoms with Crippen LogP contribution in [0.5, 0.6) is 0 Å². The van der Waals surface area contributed by atoms with Crippen LogP contribution in [-0.4, -0.2) is 33.9 Å². The molecular weight excluding hydrogens is 320 g/mol. The summed E-state index contributed by atoms with van der Waals surface area (Å²) in [6.45, 7) is 3.64. The molecule has 1 aliphatic rings. The molecule has 0 atom stereocenters. The molecule has 1 aliphatic heterocycles. The fourth-order valence-corrected chi connectivity index (χ4v) is 3.70. The molecule has 1 amide bonds. The monoisotopic (exact) mass is 342 g/mol. The molecule has 1 saturated heterocycles. The first-order valence-corrected chi connectivity index (χ1v) is 9.22. The highest BCUT2D eigenvalue weighted by molar-refractivity contribution is 7.98. The molecule has 5 nitrogen and oxygen atoms in total. The molecule has 1 aromatic carbocycles. The van der Waals surface area contributed by atoms with Gasteiger partial charge in [-0.3, -0.25) is 4.79 Å². The van der Waals surface area contributed by atoms with Gasteiger partial charge in [0.05, 0.1) is 0 Å². The largest absolute Gasteiger partial charge is 0.384 e. The number of carbonyl (C=O) groups excluding carboxylic acids is 1. The van der Waals surface area contributed by atoms with Crippen molar-refractivity contribution in [2.24, 2.45) is 0 Å². The fourth-order valence-electron chi connectivity index (χ4n) is 2.85. The summed E-state index contributed by atoms with van der Waals surface area (Å²) in [6.07, 6.45) is 3.43. The summed E-state index contributed by atoms with van der Waals surface area (Å²) in [7, 11) is 0. The average Bonchev–Trinajstić information content (AvgIpc) is 2.59. The Hall–Kier alpha value is -2.08. The lowest BCUT2D eigenvalue weighted by atomic mass is 10.1. The van der Waals surface area contributed by atoms with Crippen LogP contribution >= 0.6 is 11.8 Å². The molecule has 0 unspecified atom stereocenters. The molecule has 0 aliphatic carbocycles. The van der Waals surface area contributed by atoms with E-state index < -0.39 is 0 Å². The number of aromatic nitrogens is 2. The van der Waals surface area contributed by atoms with Crippen molar-refractivity contribution in [2.75, 3.05) is 18.8 Å². The minimum absolute atomic E-state index is 0.137. The second kappa shape index (κ2) is 7.66. The number of nitrogens with zero attached hydrogens (tertiary/aromatic N) is 3. The van der Waals surface area contributed by atoms with E-state index in [2.05, 4.69) is 9.97 Å². The Morgan fingerprint density at radius 2 is 2.00 bits per heavy atom. The Morgan fingerprint density at radius 1 is 1.21 bits per heavy atom. The number of aryl methyl sites for hydroxylation is 1. The van der Waals surface area contributed by atoms with Crippen molar-refractivity contribution < 1.29 is 4.79 Å². The van der Waals surface area contributed by atoms with Crippen molar-refractivity contribution in [1.82, 2.24) is 14.9 Å². The Bertz CT molecular complexity index is 708. The van der Waals surface area contributed by atoms with Crippen LogP contribution in [0.2, 0.25) is 0 Å². The van der Waals surface area contributed by atoms with Gasteiger partial charge < -0.3 is 10.6 Å². The zero-order valence-corrected chi connectivity index (χ0v) is 14.7. The molecule has 0 radical (unpaired) electrons. The molecule has 0 bridgehead atoms. The number of anilines is 1. The maximum Gasteiger partial charge on any atom is 0.253 e. The number of piperidine rings is 1. The minimum atomic E-state index is 0.137. The van der Waals surface area contributed by atoms with Gasteiger partial charge in [0.15, 0.2) is 5.16 Å². The van der Waals surface area contributed by atoms with Crippen LogP contribution in [-0.2, 0) is 5.75 Å². The van der Waals surface area contributed by atoms with E-state index in [0.29, 0.717) is 16.7 Å². The van der Waals surface area contributed by atoms with Crippen LogP contribution in [0.15, 0.2) is 35.5 Å². The van der Waals surface area contributed by atoms with Crippen LogP contribution in [0, 0.1) is 6.92 Å². The third-order valence-corrected chi connectivity index (χ3v) is 4.96. The third-order valence-electron chi connectivity index (χ3n) is 4.04. The van der Waals surface area contributed by atoms with Gasteiger partial charge in [0, 0.05) is 36.2 Å². The van der Waals surface area contributed by atoms with Crippen LogP contribution in [0.3, 0.4) is 0 Å². The third kappa shape index (κ3) is 4.26. The Kier molecular flexibility index (Phi) is 5.35. The fraction of sp³-hybridized carbons (Fsp3) is 0.389. The number of carbonyl (C=O) groups is 1. The molecule has 1 fully saturated rings. The molecule has 2 heterocycles. The summed E-state index contributed by atoms with van der Waals surface area (Å²) in [5.41, 5.74) is 8.47. The quantitative estimate of drug-likeness (QED) is 0.682. The smallest absolute Gasteiger partial charge is 0.253 e. The molecule has 24 heavy (non-hydrogen) atoms. The maximum atomic E-state index is 12.6. The molecule has 126 valence electrons. The standard InChI is InChI=1S/C18H22N4OS/c1-13-10-16(19)21-18(20-13)24-12-14-6-5-7-15(11-14)17(23)22-8-3-2-4-9-22/h5-7,10-11H,2-4,8-9,12H2,1H3,(H2,19,20,21). The van der Waals surface area contributed by atoms with Crippen molar-refractivity contribution >= 4 is 23.5 Å². The lowest BCUT2D eigenvalue weighted by Crippen LogP contribution is -2.35. The van der Waals surface area contributed by atoms with E-state index in [0.717, 1.165) is 42.8 Å². The van der Waals surface area contributed by atoms with Gasteiger partial charge in [-0.15, -0.1) is 0 Å². The summed E-state index contributed by atoms with van der Waals surface area (Å²) in [5.74, 6) is 1.33. The van der Waals surface area contributed by atoms with Gasteiger partial charge in [0.1, 0.15) is 5.82 Å². The van der Waals surface area contributed by atoms with E-state index in [9.17, 15) is 4.79 Å². The van der Waals surface area contributed by atoms with Gasteiger partial charge in [-0.1, -0.05) is 23.9 Å². The number of nitrogen functional groups attached to an aromatic ring is 1. The van der Waals surface area contributed by atoms with Gasteiger partial charge >= 0.3 is 0 Å². The molecule has 2 aromatic rings. The predicted molar refractivity (Wildman–Crippen MR) is 96.9 cm³/mol. The average molecular weight is 342 g/mol. The van der Waals surface area contributed by atoms with E-state index in [1.165, 1.54) is 18.2 Å². The van der Waals surface area contributed by atoms with E-state index in [4.69, 9.17) is 5.73 Å². The van der Waals surface area contributed by atoms with Crippen LogP contribution in [0.25, 0.3) is 0 Å². The summed E-state index contributed by atoms with van der Waals surface area (Å²) >= 11 is 1.53. The first kappa shape index (κ1) is 16.8. The SMILES string of the molecule is Cc1cc(N)nc(SCc2cccc(C(=O)N3CCCCC3)c2)n1. The van der Waals surface area contributed by atoms with Crippen molar-refractivity contribution in [3.63, 3.8) is 0 Å². The highest BCUT2D eigenvalue weighted by Crippen LogP contribution is 2.22. The van der Waals surface area contributed by atoms with Crippen LogP contribution < -0.4 is 5.73 Å². The summed E-state index contributed by atoms with van der Waals surface area (Å²) in [4.78, 5) is 23.2. The van der Waals surface area contributed by atoms with E-state index in [-0.39, 0.29) is 5.91 Å². The van der Waals surface area contributed by atoms with Crippen molar-refractivity contribution in [2.45, 2.75) is 37.1 Å². The predicted octanol–water partition coefficient (Wildman–Crippen LogP) is 3.29. The normalized spacial score (nSPS) is 14.6. The zero-order chi connectivity index (χ0) is 16.9. The molecule has 0 saturated carbocycles. The molecule has 3 rings (SSSR count). The van der Waals surface area contributed by atoms with Crippen LogP contribution in [0.4, 0.5) is 5.82 Å². The topological polar surface area (TPSA) is 72.1 Å². The first-order valence-electron chi connectivity index (χ1n) is 8.24. The van der Waals surface area contributed by atoms with Crippen LogP contribution in [0.1, 0.15) is 40.9 Å². The number of likely N-dealkylation sites (tertiary alicyclic amines) is 1. The number of nitrogens with two attached hydrogens (primary N) is 1. The summed E-state index contributed by atoms with van der Waals surface area (Å²) in [5, 5.41) is 0.667. The first-order chi connectivity index (χ1) is 11.6. The summed E-state index contributed by atoms with van der Waals surface area (Å²) < 4.78 is 0. The molecular formula is C18H22N4OS. The van der Waals surface area contributed by atoms with Crippen molar-refractivity contribution in [3.05, 3.63) is 47.2 Å².